The monoisotopic (exact) mass is 158 g/mol. The van der Waals surface area contributed by atoms with Crippen molar-refractivity contribution >= 4 is 5.91 Å². The van der Waals surface area contributed by atoms with Gasteiger partial charge in [0.25, 0.3) is 0 Å². The highest BCUT2D eigenvalue weighted by molar-refractivity contribution is 5.80. The molecule has 0 bridgehead atoms. The molecule has 1 atom stereocenters. The fourth-order valence-corrected chi connectivity index (χ4v) is 1.09. The lowest BCUT2D eigenvalue weighted by atomic mass is 10.2. The molecule has 0 aromatic heterocycles. The number of rotatable bonds is 3. The van der Waals surface area contributed by atoms with Gasteiger partial charge in [0.15, 0.2) is 0 Å². The van der Waals surface area contributed by atoms with E-state index < -0.39 is 0 Å². The zero-order chi connectivity index (χ0) is 8.10. The molecule has 4 nitrogen and oxygen atoms in total. The van der Waals surface area contributed by atoms with Gasteiger partial charge in [0.2, 0.25) is 5.91 Å². The number of nitrogens with one attached hydrogen (secondary N) is 1. The first kappa shape index (κ1) is 8.49. The highest BCUT2D eigenvalue weighted by Gasteiger charge is 2.22. The van der Waals surface area contributed by atoms with E-state index in [1.807, 2.05) is 0 Å². The van der Waals surface area contributed by atoms with Crippen LogP contribution in [0.15, 0.2) is 0 Å². The number of ether oxygens (including phenoxy) is 1. The van der Waals surface area contributed by atoms with Crippen LogP contribution < -0.4 is 11.1 Å². The maximum absolute atomic E-state index is 11.1. The van der Waals surface area contributed by atoms with Gasteiger partial charge in [-0.3, -0.25) is 4.79 Å². The third-order valence-electron chi connectivity index (χ3n) is 1.67. The minimum absolute atomic E-state index is 0.0204. The normalized spacial score (nSPS) is 23.5. The molecule has 0 aromatic rings. The molecular formula is C7H14N2O2. The lowest BCUT2D eigenvalue weighted by Gasteiger charge is -2.08. The Bertz CT molecular complexity index is 132. The van der Waals surface area contributed by atoms with Crippen molar-refractivity contribution in [1.29, 1.82) is 0 Å². The quantitative estimate of drug-likeness (QED) is 0.567. The fourth-order valence-electron chi connectivity index (χ4n) is 1.09. The van der Waals surface area contributed by atoms with E-state index >= 15 is 0 Å². The van der Waals surface area contributed by atoms with Crippen LogP contribution in [-0.2, 0) is 9.53 Å². The molecule has 64 valence electrons. The highest BCUT2D eigenvalue weighted by atomic mass is 16.5. The standard InChI is InChI=1S/C7H14N2O2/c8-3-4-9-7(10)6-2-1-5-11-6/h6H,1-5,8H2,(H,9,10)/t6-/m1/s1. The van der Waals surface area contributed by atoms with Crippen molar-refractivity contribution in [2.75, 3.05) is 19.7 Å². The molecule has 1 rings (SSSR count). The Labute approximate surface area is 66.1 Å². The van der Waals surface area contributed by atoms with Crippen molar-refractivity contribution in [2.45, 2.75) is 18.9 Å². The summed E-state index contributed by atoms with van der Waals surface area (Å²) in [6, 6.07) is 0. The van der Waals surface area contributed by atoms with Gasteiger partial charge in [-0.2, -0.15) is 0 Å². The summed E-state index contributed by atoms with van der Waals surface area (Å²) in [5, 5.41) is 2.69. The largest absolute Gasteiger partial charge is 0.368 e. The molecule has 1 fully saturated rings. The molecule has 0 aliphatic carbocycles. The Hall–Kier alpha value is -0.610. The van der Waals surface area contributed by atoms with Crippen LogP contribution in [-0.4, -0.2) is 31.7 Å². The number of hydrogen-bond donors (Lipinski definition) is 2. The lowest BCUT2D eigenvalue weighted by molar-refractivity contribution is -0.129. The van der Waals surface area contributed by atoms with Gasteiger partial charge in [0, 0.05) is 19.7 Å². The minimum Gasteiger partial charge on any atom is -0.368 e. The Morgan fingerprint density at radius 3 is 3.09 bits per heavy atom. The number of nitrogens with two attached hydrogens (primary N) is 1. The Balaban J connectivity index is 2.17. The second kappa shape index (κ2) is 4.31. The third kappa shape index (κ3) is 2.48. The van der Waals surface area contributed by atoms with E-state index in [-0.39, 0.29) is 12.0 Å². The molecule has 0 radical (unpaired) electrons. The first-order valence-electron chi connectivity index (χ1n) is 3.94. The highest BCUT2D eigenvalue weighted by Crippen LogP contribution is 2.11. The van der Waals surface area contributed by atoms with Crippen molar-refractivity contribution in [3.05, 3.63) is 0 Å². The Kier molecular flexibility index (Phi) is 3.32. The van der Waals surface area contributed by atoms with Crippen LogP contribution in [0.25, 0.3) is 0 Å². The second-order valence-electron chi connectivity index (χ2n) is 2.58. The molecule has 1 amide bonds. The maximum atomic E-state index is 11.1. The first-order valence-corrected chi connectivity index (χ1v) is 3.94. The predicted octanol–water partition coefficient (Wildman–Crippen LogP) is -0.760. The van der Waals surface area contributed by atoms with Crippen molar-refractivity contribution in [2.24, 2.45) is 5.73 Å². The average Bonchev–Trinajstić information content (AvgIpc) is 2.52. The number of carbonyl (C=O) groups excluding carboxylic acids is 1. The molecule has 11 heavy (non-hydrogen) atoms. The summed E-state index contributed by atoms with van der Waals surface area (Å²) in [5.74, 6) is -0.0204. The van der Waals surface area contributed by atoms with Gasteiger partial charge in [-0.25, -0.2) is 0 Å². The molecule has 4 heteroatoms. The molecule has 0 spiro atoms. The smallest absolute Gasteiger partial charge is 0.249 e. The van der Waals surface area contributed by atoms with E-state index in [1.165, 1.54) is 0 Å². The zero-order valence-corrected chi connectivity index (χ0v) is 6.51. The van der Waals surface area contributed by atoms with Crippen LogP contribution in [0.4, 0.5) is 0 Å². The SMILES string of the molecule is NCCNC(=O)[C@H]1CCCO1. The predicted molar refractivity (Wildman–Crippen MR) is 41.0 cm³/mol. The summed E-state index contributed by atoms with van der Waals surface area (Å²) >= 11 is 0. The van der Waals surface area contributed by atoms with Crippen molar-refractivity contribution in [1.82, 2.24) is 5.32 Å². The maximum Gasteiger partial charge on any atom is 0.249 e. The van der Waals surface area contributed by atoms with Crippen molar-refractivity contribution in [3.63, 3.8) is 0 Å². The summed E-state index contributed by atoms with van der Waals surface area (Å²) < 4.78 is 5.16. The van der Waals surface area contributed by atoms with E-state index in [9.17, 15) is 4.79 Å². The van der Waals surface area contributed by atoms with Crippen molar-refractivity contribution < 1.29 is 9.53 Å². The van der Waals surface area contributed by atoms with E-state index in [4.69, 9.17) is 10.5 Å². The van der Waals surface area contributed by atoms with Gasteiger partial charge in [0.05, 0.1) is 0 Å². The molecule has 0 saturated carbocycles. The second-order valence-corrected chi connectivity index (χ2v) is 2.58. The van der Waals surface area contributed by atoms with Gasteiger partial charge in [-0.05, 0) is 12.8 Å². The van der Waals surface area contributed by atoms with Crippen LogP contribution in [0.2, 0.25) is 0 Å². The Morgan fingerprint density at radius 2 is 2.55 bits per heavy atom. The average molecular weight is 158 g/mol. The van der Waals surface area contributed by atoms with Gasteiger partial charge in [-0.1, -0.05) is 0 Å². The number of hydrogen-bond acceptors (Lipinski definition) is 3. The summed E-state index contributed by atoms with van der Waals surface area (Å²) in [4.78, 5) is 11.1. The summed E-state index contributed by atoms with van der Waals surface area (Å²) in [6.45, 7) is 1.73. The van der Waals surface area contributed by atoms with Crippen LogP contribution >= 0.6 is 0 Å². The van der Waals surface area contributed by atoms with Crippen LogP contribution in [0.1, 0.15) is 12.8 Å². The third-order valence-corrected chi connectivity index (χ3v) is 1.67. The molecule has 1 aliphatic heterocycles. The molecule has 1 heterocycles. The van der Waals surface area contributed by atoms with E-state index in [2.05, 4.69) is 5.32 Å². The van der Waals surface area contributed by atoms with Gasteiger partial charge >= 0.3 is 0 Å². The number of amides is 1. The molecule has 1 aliphatic rings. The molecular weight excluding hydrogens is 144 g/mol. The first-order chi connectivity index (χ1) is 5.34. The van der Waals surface area contributed by atoms with Gasteiger partial charge < -0.3 is 15.8 Å². The topological polar surface area (TPSA) is 64.3 Å². The van der Waals surface area contributed by atoms with E-state index in [0.29, 0.717) is 19.7 Å². The Morgan fingerprint density at radius 1 is 1.73 bits per heavy atom. The number of carbonyl (C=O) groups is 1. The van der Waals surface area contributed by atoms with Gasteiger partial charge in [0.1, 0.15) is 6.10 Å². The molecule has 0 unspecified atom stereocenters. The fraction of sp³-hybridized carbons (Fsp3) is 0.857. The summed E-state index contributed by atoms with van der Waals surface area (Å²) in [6.07, 6.45) is 1.61. The van der Waals surface area contributed by atoms with Crippen molar-refractivity contribution in [3.8, 4) is 0 Å². The molecule has 3 N–H and O–H groups in total. The molecule has 0 aromatic carbocycles. The van der Waals surface area contributed by atoms with E-state index in [1.54, 1.807) is 0 Å². The summed E-state index contributed by atoms with van der Waals surface area (Å²) in [7, 11) is 0. The van der Waals surface area contributed by atoms with Crippen LogP contribution in [0, 0.1) is 0 Å². The minimum atomic E-state index is -0.221. The lowest BCUT2D eigenvalue weighted by Crippen LogP contribution is -2.36. The van der Waals surface area contributed by atoms with E-state index in [0.717, 1.165) is 12.8 Å². The summed E-state index contributed by atoms with van der Waals surface area (Å²) in [5.41, 5.74) is 5.22. The van der Waals surface area contributed by atoms with Gasteiger partial charge in [-0.15, -0.1) is 0 Å². The zero-order valence-electron chi connectivity index (χ0n) is 6.51. The van der Waals surface area contributed by atoms with Crippen LogP contribution in [0.5, 0.6) is 0 Å². The molecule has 1 saturated heterocycles. The van der Waals surface area contributed by atoms with Crippen LogP contribution in [0.3, 0.4) is 0 Å².